The molecule has 0 radical (unpaired) electrons. The van der Waals surface area contributed by atoms with Gasteiger partial charge >= 0.3 is 0 Å². The second-order valence-electron chi connectivity index (χ2n) is 6.87. The summed E-state index contributed by atoms with van der Waals surface area (Å²) in [6.07, 6.45) is 3.37. The summed E-state index contributed by atoms with van der Waals surface area (Å²) in [5.74, 6) is 2.65. The van der Waals surface area contributed by atoms with E-state index in [1.54, 1.807) is 16.7 Å². The first-order chi connectivity index (χ1) is 11.2. The monoisotopic (exact) mass is 330 g/mol. The molecule has 1 aromatic carbocycles. The predicted octanol–water partition coefficient (Wildman–Crippen LogP) is 2.22. The van der Waals surface area contributed by atoms with Crippen LogP contribution in [0.2, 0.25) is 0 Å². The van der Waals surface area contributed by atoms with Crippen LogP contribution >= 0.6 is 11.8 Å². The lowest BCUT2D eigenvalue weighted by Gasteiger charge is -2.23. The lowest BCUT2D eigenvalue weighted by Crippen LogP contribution is -2.48. The summed E-state index contributed by atoms with van der Waals surface area (Å²) in [5.41, 5.74) is 1.24. The molecule has 1 aliphatic heterocycles. The molecule has 0 spiro atoms. The quantitative estimate of drug-likeness (QED) is 0.900. The number of thioether (sulfide) groups is 1. The van der Waals surface area contributed by atoms with Crippen molar-refractivity contribution in [2.24, 2.45) is 11.8 Å². The van der Waals surface area contributed by atoms with Gasteiger partial charge in [-0.15, -0.1) is 11.8 Å². The first kappa shape index (κ1) is 15.1. The summed E-state index contributed by atoms with van der Waals surface area (Å²) in [4.78, 5) is 27.0. The summed E-state index contributed by atoms with van der Waals surface area (Å²) in [6.45, 7) is 0.776. The first-order valence-corrected chi connectivity index (χ1v) is 9.60. The highest BCUT2D eigenvalue weighted by Gasteiger charge is 2.48. The minimum atomic E-state index is -0.275. The van der Waals surface area contributed by atoms with E-state index >= 15 is 0 Å². The predicted molar refractivity (Wildman–Crippen MR) is 91.0 cm³/mol. The Kier molecular flexibility index (Phi) is 4.05. The lowest BCUT2D eigenvalue weighted by molar-refractivity contribution is -0.139. The Morgan fingerprint density at radius 1 is 1.22 bits per heavy atom. The maximum Gasteiger partial charge on any atom is 0.243 e. The minimum Gasteiger partial charge on any atom is -0.354 e. The maximum atomic E-state index is 12.8. The van der Waals surface area contributed by atoms with E-state index in [9.17, 15) is 9.59 Å². The van der Waals surface area contributed by atoms with E-state index in [2.05, 4.69) is 17.4 Å². The lowest BCUT2D eigenvalue weighted by atomic mass is 10.1. The van der Waals surface area contributed by atoms with Gasteiger partial charge in [0.25, 0.3) is 0 Å². The van der Waals surface area contributed by atoms with Crippen molar-refractivity contribution in [1.29, 1.82) is 0 Å². The fraction of sp³-hybridized carbons (Fsp3) is 0.556. The Labute approximate surface area is 141 Å². The van der Waals surface area contributed by atoms with Gasteiger partial charge in [-0.05, 0) is 36.7 Å². The second-order valence-corrected chi connectivity index (χ2v) is 7.87. The molecule has 0 bridgehead atoms. The zero-order valence-electron chi connectivity index (χ0n) is 13.1. The number of hydrogen-bond donors (Lipinski definition) is 1. The molecule has 5 heteroatoms. The Hall–Kier alpha value is -1.49. The second kappa shape index (κ2) is 6.19. The van der Waals surface area contributed by atoms with E-state index in [1.165, 1.54) is 18.4 Å². The van der Waals surface area contributed by atoms with Crippen molar-refractivity contribution in [2.45, 2.75) is 31.2 Å². The molecule has 4 rings (SSSR count). The van der Waals surface area contributed by atoms with Crippen LogP contribution in [0.1, 0.15) is 30.7 Å². The van der Waals surface area contributed by atoms with Gasteiger partial charge in [0.1, 0.15) is 6.04 Å². The fourth-order valence-corrected chi connectivity index (χ4v) is 4.48. The zero-order chi connectivity index (χ0) is 15.8. The van der Waals surface area contributed by atoms with E-state index < -0.39 is 0 Å². The number of nitrogens with one attached hydrogen (secondary N) is 1. The van der Waals surface area contributed by atoms with E-state index in [-0.39, 0.29) is 23.8 Å². The van der Waals surface area contributed by atoms with Crippen LogP contribution in [0, 0.1) is 11.8 Å². The molecule has 23 heavy (non-hydrogen) atoms. The minimum absolute atomic E-state index is 0.0344. The third-order valence-corrected chi connectivity index (χ3v) is 6.08. The molecule has 3 fully saturated rings. The molecule has 1 heterocycles. The van der Waals surface area contributed by atoms with Gasteiger partial charge in [0.15, 0.2) is 0 Å². The number of carbonyl (C=O) groups is 2. The summed E-state index contributed by atoms with van der Waals surface area (Å²) in [6, 6.07) is 9.96. The van der Waals surface area contributed by atoms with Crippen LogP contribution in [0.25, 0.3) is 0 Å². The van der Waals surface area contributed by atoms with Crippen LogP contribution in [0.5, 0.6) is 0 Å². The number of nitrogens with zero attached hydrogens (tertiary/aromatic N) is 1. The molecule has 2 aliphatic carbocycles. The van der Waals surface area contributed by atoms with Crippen LogP contribution in [-0.2, 0) is 9.59 Å². The fourth-order valence-electron chi connectivity index (χ4n) is 3.31. The number of hydrogen-bond acceptors (Lipinski definition) is 3. The normalized spacial score (nSPS) is 29.4. The van der Waals surface area contributed by atoms with E-state index in [1.807, 2.05) is 18.2 Å². The van der Waals surface area contributed by atoms with Crippen LogP contribution in [0.4, 0.5) is 0 Å². The van der Waals surface area contributed by atoms with E-state index in [0.29, 0.717) is 17.7 Å². The molecular weight excluding hydrogens is 308 g/mol. The van der Waals surface area contributed by atoms with Gasteiger partial charge in [-0.3, -0.25) is 9.59 Å². The van der Waals surface area contributed by atoms with Gasteiger partial charge < -0.3 is 10.2 Å². The van der Waals surface area contributed by atoms with Gasteiger partial charge in [-0.25, -0.2) is 0 Å². The van der Waals surface area contributed by atoms with Crippen molar-refractivity contribution in [3.05, 3.63) is 35.9 Å². The molecule has 3 unspecified atom stereocenters. The number of rotatable bonds is 5. The smallest absolute Gasteiger partial charge is 0.243 e. The van der Waals surface area contributed by atoms with Crippen molar-refractivity contribution in [3.8, 4) is 0 Å². The van der Waals surface area contributed by atoms with Gasteiger partial charge in [-0.2, -0.15) is 0 Å². The molecule has 3 atom stereocenters. The highest BCUT2D eigenvalue weighted by atomic mass is 32.2. The molecule has 122 valence electrons. The Morgan fingerprint density at radius 2 is 2.00 bits per heavy atom. The first-order valence-electron chi connectivity index (χ1n) is 8.45. The van der Waals surface area contributed by atoms with E-state index in [0.717, 1.165) is 18.7 Å². The average molecular weight is 330 g/mol. The molecule has 2 amide bonds. The molecule has 3 aliphatic rings. The molecule has 2 saturated carbocycles. The Morgan fingerprint density at radius 3 is 2.74 bits per heavy atom. The number of carbonyl (C=O) groups excluding carboxylic acids is 2. The highest BCUT2D eigenvalue weighted by Crippen LogP contribution is 2.49. The molecule has 1 saturated heterocycles. The van der Waals surface area contributed by atoms with Gasteiger partial charge in [-0.1, -0.05) is 30.3 Å². The molecular formula is C18H22N2O2S. The summed E-state index contributed by atoms with van der Waals surface area (Å²) < 4.78 is 0. The topological polar surface area (TPSA) is 49.4 Å². The van der Waals surface area contributed by atoms with Gasteiger partial charge in [0.2, 0.25) is 11.8 Å². The summed E-state index contributed by atoms with van der Waals surface area (Å²) in [5, 5.41) is 3.03. The number of amides is 2. The van der Waals surface area contributed by atoms with Gasteiger partial charge in [0.05, 0.1) is 5.88 Å². The van der Waals surface area contributed by atoms with E-state index in [4.69, 9.17) is 0 Å². The summed E-state index contributed by atoms with van der Waals surface area (Å²) >= 11 is 1.68. The van der Waals surface area contributed by atoms with Crippen LogP contribution < -0.4 is 5.32 Å². The van der Waals surface area contributed by atoms with Crippen molar-refractivity contribution in [1.82, 2.24) is 10.2 Å². The third kappa shape index (κ3) is 3.25. The van der Waals surface area contributed by atoms with Crippen molar-refractivity contribution in [2.75, 3.05) is 18.2 Å². The molecule has 0 aromatic heterocycles. The Bertz CT molecular complexity index is 602. The van der Waals surface area contributed by atoms with Crippen molar-refractivity contribution in [3.63, 3.8) is 0 Å². The summed E-state index contributed by atoms with van der Waals surface area (Å²) in [7, 11) is 0. The van der Waals surface area contributed by atoms with Crippen LogP contribution in [0.3, 0.4) is 0 Å². The van der Waals surface area contributed by atoms with Gasteiger partial charge in [0, 0.05) is 18.2 Å². The number of benzene rings is 1. The largest absolute Gasteiger partial charge is 0.354 e. The Balaban J connectivity index is 1.36. The van der Waals surface area contributed by atoms with Crippen LogP contribution in [-0.4, -0.2) is 40.9 Å². The molecule has 1 N–H and O–H groups in total. The molecule has 1 aromatic rings. The van der Waals surface area contributed by atoms with Crippen molar-refractivity contribution < 1.29 is 9.59 Å². The average Bonchev–Trinajstić information content (AvgIpc) is 3.50. The third-order valence-electron chi connectivity index (χ3n) is 5.07. The van der Waals surface area contributed by atoms with Crippen molar-refractivity contribution >= 4 is 23.6 Å². The highest BCUT2D eigenvalue weighted by molar-refractivity contribution is 7.99. The SMILES string of the molecule is O=C(NCC1CC1)C1CSCN1C(=O)C1CC1c1ccccc1. The maximum absolute atomic E-state index is 12.8. The zero-order valence-corrected chi connectivity index (χ0v) is 13.9. The molecule has 4 nitrogen and oxygen atoms in total. The standard InChI is InChI=1S/C18H22N2O2S/c21-17(19-9-12-6-7-12)16-10-23-11-20(16)18(22)15-8-14(15)13-4-2-1-3-5-13/h1-5,12,14-16H,6-11H2,(H,19,21). The van der Waals surface area contributed by atoms with Crippen LogP contribution in [0.15, 0.2) is 30.3 Å².